The third-order valence-electron chi connectivity index (χ3n) is 5.62. The highest BCUT2D eigenvalue weighted by Crippen LogP contribution is 2.26. The number of thioether (sulfide) groups is 1. The topological polar surface area (TPSA) is 53.4 Å². The summed E-state index contributed by atoms with van der Waals surface area (Å²) in [5, 5.41) is 0. The second kappa shape index (κ2) is 12.5. The predicted octanol–water partition coefficient (Wildman–Crippen LogP) is 6.38. The summed E-state index contributed by atoms with van der Waals surface area (Å²) in [5.74, 6) is 2.03. The number of rotatable bonds is 12. The van der Waals surface area contributed by atoms with Crippen LogP contribution in [0.5, 0.6) is 5.75 Å². The lowest BCUT2D eigenvalue weighted by Gasteiger charge is -2.16. The molecule has 1 atom stereocenters. The molecular formula is C27H34N2O3S. The van der Waals surface area contributed by atoms with Crippen LogP contribution in [-0.2, 0) is 16.1 Å². The van der Waals surface area contributed by atoms with Gasteiger partial charge in [0.05, 0.1) is 19.8 Å². The van der Waals surface area contributed by atoms with E-state index in [0.717, 1.165) is 41.2 Å². The van der Waals surface area contributed by atoms with Crippen LogP contribution >= 0.6 is 11.8 Å². The van der Waals surface area contributed by atoms with Gasteiger partial charge in [0.25, 0.3) is 0 Å². The number of hydrogen-bond acceptors (Lipinski definition) is 5. The molecule has 0 aliphatic heterocycles. The number of ether oxygens (including phenoxy) is 2. The normalized spacial score (nSPS) is 11.9. The van der Waals surface area contributed by atoms with E-state index in [4.69, 9.17) is 9.47 Å². The Kier molecular flexibility index (Phi) is 9.43. The van der Waals surface area contributed by atoms with Crippen molar-refractivity contribution in [3.8, 4) is 17.1 Å². The van der Waals surface area contributed by atoms with Crippen molar-refractivity contribution in [2.24, 2.45) is 5.92 Å². The standard InChI is InChI=1S/C27H34N2O3S/c1-5-31-26(30)17-20(2)9-8-16-32-25-11-7-6-10-23(25)19-29-21(3)18-28-27(29)22-12-14-24(33-4)15-13-22/h6-7,10-15,18,20H,5,8-9,16-17,19H2,1-4H3/t20-/m1/s1. The molecule has 6 heteroatoms. The first-order valence-corrected chi connectivity index (χ1v) is 12.8. The fraction of sp³-hybridized carbons (Fsp3) is 0.407. The Hall–Kier alpha value is -2.73. The molecule has 0 aliphatic carbocycles. The maximum absolute atomic E-state index is 11.6. The molecule has 3 rings (SSSR count). The van der Waals surface area contributed by atoms with Crippen molar-refractivity contribution in [1.29, 1.82) is 0 Å². The molecule has 1 heterocycles. The molecule has 5 nitrogen and oxygen atoms in total. The van der Waals surface area contributed by atoms with E-state index in [2.05, 4.69) is 60.0 Å². The first kappa shape index (κ1) is 24.9. The summed E-state index contributed by atoms with van der Waals surface area (Å²) in [7, 11) is 0. The molecule has 0 N–H and O–H groups in total. The Morgan fingerprint density at radius 3 is 2.64 bits per heavy atom. The molecule has 0 saturated heterocycles. The number of esters is 1. The summed E-state index contributed by atoms with van der Waals surface area (Å²) in [4.78, 5) is 17.5. The Balaban J connectivity index is 1.63. The fourth-order valence-electron chi connectivity index (χ4n) is 3.80. The van der Waals surface area contributed by atoms with Gasteiger partial charge in [-0.25, -0.2) is 4.98 Å². The van der Waals surface area contributed by atoms with Crippen LogP contribution in [0.2, 0.25) is 0 Å². The molecule has 0 aliphatic rings. The first-order chi connectivity index (χ1) is 16.0. The number of carbonyl (C=O) groups is 1. The molecule has 0 fully saturated rings. The van der Waals surface area contributed by atoms with Crippen LogP contribution in [0.1, 0.15) is 44.4 Å². The van der Waals surface area contributed by atoms with Crippen molar-refractivity contribution >= 4 is 17.7 Å². The number of para-hydroxylation sites is 1. The van der Waals surface area contributed by atoms with Crippen LogP contribution in [-0.4, -0.2) is 35.0 Å². The average molecular weight is 467 g/mol. The number of aromatic nitrogens is 2. The third kappa shape index (κ3) is 7.13. The maximum atomic E-state index is 11.6. The van der Waals surface area contributed by atoms with Crippen molar-refractivity contribution in [1.82, 2.24) is 9.55 Å². The largest absolute Gasteiger partial charge is 0.493 e. The SMILES string of the molecule is CCOC(=O)C[C@H](C)CCCOc1ccccc1Cn1c(C)cnc1-c1ccc(SC)cc1. The number of hydrogen-bond donors (Lipinski definition) is 0. The van der Waals surface area contributed by atoms with Gasteiger partial charge in [-0.15, -0.1) is 11.8 Å². The quantitative estimate of drug-likeness (QED) is 0.176. The van der Waals surface area contributed by atoms with Gasteiger partial charge < -0.3 is 14.0 Å². The minimum Gasteiger partial charge on any atom is -0.493 e. The molecule has 176 valence electrons. The summed E-state index contributed by atoms with van der Waals surface area (Å²) >= 11 is 1.74. The van der Waals surface area contributed by atoms with Gasteiger partial charge in [-0.2, -0.15) is 0 Å². The van der Waals surface area contributed by atoms with Gasteiger partial charge in [-0.1, -0.05) is 37.3 Å². The predicted molar refractivity (Wildman–Crippen MR) is 135 cm³/mol. The zero-order chi connectivity index (χ0) is 23.6. The average Bonchev–Trinajstić information content (AvgIpc) is 3.18. The van der Waals surface area contributed by atoms with Gasteiger partial charge in [-0.05, 0) is 57.1 Å². The zero-order valence-electron chi connectivity index (χ0n) is 20.0. The summed E-state index contributed by atoms with van der Waals surface area (Å²) in [6.45, 7) is 7.76. The minimum absolute atomic E-state index is 0.120. The summed E-state index contributed by atoms with van der Waals surface area (Å²) in [6, 6.07) is 16.7. The van der Waals surface area contributed by atoms with Crippen LogP contribution in [0.15, 0.2) is 59.6 Å². The maximum Gasteiger partial charge on any atom is 0.306 e. The van der Waals surface area contributed by atoms with Gasteiger partial charge >= 0.3 is 5.97 Å². The molecule has 33 heavy (non-hydrogen) atoms. The molecule has 0 spiro atoms. The molecule has 2 aromatic carbocycles. The molecular weight excluding hydrogens is 432 g/mol. The van der Waals surface area contributed by atoms with E-state index in [0.29, 0.717) is 26.2 Å². The van der Waals surface area contributed by atoms with Crippen molar-refractivity contribution in [2.45, 2.75) is 51.5 Å². The highest BCUT2D eigenvalue weighted by atomic mass is 32.2. The number of nitrogens with zero attached hydrogens (tertiary/aromatic N) is 2. The lowest BCUT2D eigenvalue weighted by molar-refractivity contribution is -0.144. The van der Waals surface area contributed by atoms with Gasteiger partial charge in [0, 0.05) is 34.3 Å². The number of carbonyl (C=O) groups excluding carboxylic acids is 1. The van der Waals surface area contributed by atoms with E-state index in [1.165, 1.54) is 4.90 Å². The molecule has 3 aromatic rings. The monoisotopic (exact) mass is 466 g/mol. The Morgan fingerprint density at radius 2 is 1.91 bits per heavy atom. The van der Waals surface area contributed by atoms with Crippen LogP contribution in [0.25, 0.3) is 11.4 Å². The lowest BCUT2D eigenvalue weighted by Crippen LogP contribution is -2.11. The molecule has 1 aromatic heterocycles. The second-order valence-electron chi connectivity index (χ2n) is 8.25. The number of benzene rings is 2. The van der Waals surface area contributed by atoms with E-state index >= 15 is 0 Å². The Morgan fingerprint density at radius 1 is 1.15 bits per heavy atom. The molecule has 0 unspecified atom stereocenters. The highest BCUT2D eigenvalue weighted by molar-refractivity contribution is 7.98. The number of imidazole rings is 1. The van der Waals surface area contributed by atoms with Crippen molar-refractivity contribution in [2.75, 3.05) is 19.5 Å². The molecule has 0 saturated carbocycles. The van der Waals surface area contributed by atoms with Gasteiger partial charge in [0.1, 0.15) is 11.6 Å². The second-order valence-corrected chi connectivity index (χ2v) is 9.13. The van der Waals surface area contributed by atoms with Crippen LogP contribution in [0.4, 0.5) is 0 Å². The van der Waals surface area contributed by atoms with Gasteiger partial charge in [0.15, 0.2) is 0 Å². The molecule has 0 bridgehead atoms. The van der Waals surface area contributed by atoms with Crippen molar-refractivity contribution < 1.29 is 14.3 Å². The molecule has 0 amide bonds. The van der Waals surface area contributed by atoms with E-state index in [-0.39, 0.29) is 11.9 Å². The number of aryl methyl sites for hydroxylation is 1. The van der Waals surface area contributed by atoms with Crippen LogP contribution < -0.4 is 4.74 Å². The summed E-state index contributed by atoms with van der Waals surface area (Å²) in [6.07, 6.45) is 6.29. The minimum atomic E-state index is -0.120. The van der Waals surface area contributed by atoms with Crippen LogP contribution in [0, 0.1) is 12.8 Å². The Bertz CT molecular complexity index is 1030. The smallest absolute Gasteiger partial charge is 0.306 e. The third-order valence-corrected chi connectivity index (χ3v) is 6.37. The highest BCUT2D eigenvalue weighted by Gasteiger charge is 2.13. The van der Waals surface area contributed by atoms with E-state index in [1.807, 2.05) is 31.3 Å². The van der Waals surface area contributed by atoms with E-state index in [9.17, 15) is 4.79 Å². The van der Waals surface area contributed by atoms with Crippen LogP contribution in [0.3, 0.4) is 0 Å². The van der Waals surface area contributed by atoms with Crippen molar-refractivity contribution in [3.63, 3.8) is 0 Å². The molecule has 0 radical (unpaired) electrons. The van der Waals surface area contributed by atoms with E-state index < -0.39 is 0 Å². The van der Waals surface area contributed by atoms with Crippen molar-refractivity contribution in [3.05, 3.63) is 66.0 Å². The first-order valence-electron chi connectivity index (χ1n) is 11.5. The van der Waals surface area contributed by atoms with Gasteiger partial charge in [0.2, 0.25) is 0 Å². The van der Waals surface area contributed by atoms with Gasteiger partial charge in [-0.3, -0.25) is 4.79 Å². The van der Waals surface area contributed by atoms with E-state index in [1.54, 1.807) is 11.8 Å². The Labute approximate surface area is 201 Å². The zero-order valence-corrected chi connectivity index (χ0v) is 20.9. The summed E-state index contributed by atoms with van der Waals surface area (Å²) in [5.41, 5.74) is 3.34. The summed E-state index contributed by atoms with van der Waals surface area (Å²) < 4.78 is 13.4. The fourth-order valence-corrected chi connectivity index (χ4v) is 4.21. The lowest BCUT2D eigenvalue weighted by atomic mass is 10.0.